The fourth-order valence-electron chi connectivity index (χ4n) is 2.91. The van der Waals surface area contributed by atoms with Gasteiger partial charge in [0.05, 0.1) is 5.41 Å². The molecule has 19 heavy (non-hydrogen) atoms. The zero-order valence-corrected chi connectivity index (χ0v) is 12.4. The third-order valence-electron chi connectivity index (χ3n) is 4.01. The molecule has 1 atom stereocenters. The molecule has 3 heteroatoms. The van der Waals surface area contributed by atoms with Crippen molar-refractivity contribution in [3.8, 4) is 0 Å². The van der Waals surface area contributed by atoms with Crippen LogP contribution in [0.5, 0.6) is 0 Å². The number of carbonyl (C=O) groups is 1. The SMILES string of the molecule is Cc1cc(C)cc(N(C)C(=O)C2(C)CCCNC2)c1. The minimum Gasteiger partial charge on any atom is -0.316 e. The van der Waals surface area contributed by atoms with Gasteiger partial charge in [0.2, 0.25) is 5.91 Å². The number of anilines is 1. The largest absolute Gasteiger partial charge is 0.316 e. The van der Waals surface area contributed by atoms with E-state index in [4.69, 9.17) is 0 Å². The van der Waals surface area contributed by atoms with Crippen LogP contribution in [-0.4, -0.2) is 26.0 Å². The number of amides is 1. The average molecular weight is 260 g/mol. The highest BCUT2D eigenvalue weighted by molar-refractivity contribution is 5.97. The number of benzene rings is 1. The second kappa shape index (κ2) is 5.33. The third kappa shape index (κ3) is 2.98. The van der Waals surface area contributed by atoms with E-state index in [0.29, 0.717) is 0 Å². The summed E-state index contributed by atoms with van der Waals surface area (Å²) < 4.78 is 0. The van der Waals surface area contributed by atoms with E-state index in [2.05, 4.69) is 44.3 Å². The van der Waals surface area contributed by atoms with Gasteiger partial charge in [-0.3, -0.25) is 4.79 Å². The van der Waals surface area contributed by atoms with Gasteiger partial charge in [0.1, 0.15) is 0 Å². The molecule has 1 fully saturated rings. The normalized spacial score (nSPS) is 23.2. The molecule has 1 heterocycles. The first-order chi connectivity index (χ1) is 8.92. The molecule has 0 radical (unpaired) electrons. The summed E-state index contributed by atoms with van der Waals surface area (Å²) in [4.78, 5) is 14.5. The molecule has 1 aliphatic heterocycles. The van der Waals surface area contributed by atoms with E-state index in [9.17, 15) is 4.79 Å². The van der Waals surface area contributed by atoms with Gasteiger partial charge in [-0.2, -0.15) is 0 Å². The summed E-state index contributed by atoms with van der Waals surface area (Å²) in [5.74, 6) is 0.213. The van der Waals surface area contributed by atoms with E-state index in [1.807, 2.05) is 11.9 Å². The highest BCUT2D eigenvalue weighted by atomic mass is 16.2. The zero-order chi connectivity index (χ0) is 14.0. The predicted molar refractivity (Wildman–Crippen MR) is 79.5 cm³/mol. The molecular weight excluding hydrogens is 236 g/mol. The molecule has 1 amide bonds. The Balaban J connectivity index is 2.22. The van der Waals surface area contributed by atoms with E-state index in [1.54, 1.807) is 0 Å². The lowest BCUT2D eigenvalue weighted by atomic mass is 9.81. The molecule has 1 unspecified atom stereocenters. The maximum atomic E-state index is 12.7. The number of hydrogen-bond donors (Lipinski definition) is 1. The zero-order valence-electron chi connectivity index (χ0n) is 12.4. The van der Waals surface area contributed by atoms with Crippen LogP contribution in [-0.2, 0) is 4.79 Å². The van der Waals surface area contributed by atoms with Crippen LogP contribution < -0.4 is 10.2 Å². The molecule has 0 bridgehead atoms. The molecule has 3 nitrogen and oxygen atoms in total. The Labute approximate surface area is 116 Å². The van der Waals surface area contributed by atoms with Gasteiger partial charge in [0, 0.05) is 19.3 Å². The Morgan fingerprint density at radius 3 is 2.42 bits per heavy atom. The van der Waals surface area contributed by atoms with Crippen molar-refractivity contribution < 1.29 is 4.79 Å². The van der Waals surface area contributed by atoms with Crippen LogP contribution in [0.15, 0.2) is 18.2 Å². The Bertz CT molecular complexity index is 455. The van der Waals surface area contributed by atoms with Crippen molar-refractivity contribution in [3.63, 3.8) is 0 Å². The summed E-state index contributed by atoms with van der Waals surface area (Å²) in [6.07, 6.45) is 2.04. The van der Waals surface area contributed by atoms with Crippen molar-refractivity contribution in [3.05, 3.63) is 29.3 Å². The number of nitrogens with zero attached hydrogens (tertiary/aromatic N) is 1. The topological polar surface area (TPSA) is 32.3 Å². The van der Waals surface area contributed by atoms with Crippen LogP contribution in [0.3, 0.4) is 0 Å². The van der Waals surface area contributed by atoms with Crippen LogP contribution in [0.25, 0.3) is 0 Å². The lowest BCUT2D eigenvalue weighted by Gasteiger charge is -2.36. The van der Waals surface area contributed by atoms with Crippen molar-refractivity contribution in [2.75, 3.05) is 25.0 Å². The third-order valence-corrected chi connectivity index (χ3v) is 4.01. The molecule has 1 aromatic carbocycles. The summed E-state index contributed by atoms with van der Waals surface area (Å²) in [6, 6.07) is 6.28. The number of carbonyl (C=O) groups excluding carboxylic acids is 1. The van der Waals surface area contributed by atoms with E-state index >= 15 is 0 Å². The Hall–Kier alpha value is -1.35. The van der Waals surface area contributed by atoms with E-state index in [0.717, 1.165) is 31.6 Å². The lowest BCUT2D eigenvalue weighted by Crippen LogP contribution is -2.49. The summed E-state index contributed by atoms with van der Waals surface area (Å²) in [5, 5.41) is 3.34. The Morgan fingerprint density at radius 2 is 1.89 bits per heavy atom. The van der Waals surface area contributed by atoms with Gasteiger partial charge in [-0.15, -0.1) is 0 Å². The second-order valence-corrected chi connectivity index (χ2v) is 6.05. The maximum absolute atomic E-state index is 12.7. The molecule has 0 aliphatic carbocycles. The molecule has 1 aliphatic rings. The van der Waals surface area contributed by atoms with Crippen LogP contribution in [0.2, 0.25) is 0 Å². The predicted octanol–water partition coefficient (Wildman–Crippen LogP) is 2.66. The van der Waals surface area contributed by atoms with Gasteiger partial charge in [0.15, 0.2) is 0 Å². The molecule has 1 saturated heterocycles. The maximum Gasteiger partial charge on any atom is 0.233 e. The Morgan fingerprint density at radius 1 is 1.26 bits per heavy atom. The van der Waals surface area contributed by atoms with Gasteiger partial charge in [0.25, 0.3) is 0 Å². The van der Waals surface area contributed by atoms with Crippen molar-refractivity contribution in [2.45, 2.75) is 33.6 Å². The summed E-state index contributed by atoms with van der Waals surface area (Å²) in [5.41, 5.74) is 3.11. The van der Waals surface area contributed by atoms with Crippen LogP contribution in [0.4, 0.5) is 5.69 Å². The first-order valence-electron chi connectivity index (χ1n) is 6.99. The first kappa shape index (κ1) is 14.1. The highest BCUT2D eigenvalue weighted by Gasteiger charge is 2.37. The van der Waals surface area contributed by atoms with Crippen LogP contribution in [0, 0.1) is 19.3 Å². The molecule has 0 saturated carbocycles. The van der Waals surface area contributed by atoms with E-state index in [1.165, 1.54) is 11.1 Å². The molecule has 0 spiro atoms. The number of aryl methyl sites for hydroxylation is 2. The van der Waals surface area contributed by atoms with Gasteiger partial charge < -0.3 is 10.2 Å². The van der Waals surface area contributed by atoms with Gasteiger partial charge in [-0.1, -0.05) is 6.07 Å². The highest BCUT2D eigenvalue weighted by Crippen LogP contribution is 2.30. The molecular formula is C16H24N2O. The van der Waals surface area contributed by atoms with Crippen molar-refractivity contribution >= 4 is 11.6 Å². The fraction of sp³-hybridized carbons (Fsp3) is 0.562. The molecule has 0 aromatic heterocycles. The smallest absolute Gasteiger partial charge is 0.233 e. The number of hydrogen-bond acceptors (Lipinski definition) is 2. The minimum absolute atomic E-state index is 0.213. The molecule has 1 N–H and O–H groups in total. The Kier molecular flexibility index (Phi) is 3.95. The van der Waals surface area contributed by atoms with Crippen molar-refractivity contribution in [1.29, 1.82) is 0 Å². The van der Waals surface area contributed by atoms with Gasteiger partial charge in [-0.25, -0.2) is 0 Å². The van der Waals surface area contributed by atoms with Gasteiger partial charge >= 0.3 is 0 Å². The fourth-order valence-corrected chi connectivity index (χ4v) is 2.91. The molecule has 104 valence electrons. The van der Waals surface area contributed by atoms with Crippen molar-refractivity contribution in [1.82, 2.24) is 5.32 Å². The summed E-state index contributed by atoms with van der Waals surface area (Å²) in [7, 11) is 1.89. The molecule has 2 rings (SSSR count). The quantitative estimate of drug-likeness (QED) is 0.886. The lowest BCUT2D eigenvalue weighted by molar-refractivity contribution is -0.128. The van der Waals surface area contributed by atoms with Crippen LogP contribution in [0.1, 0.15) is 30.9 Å². The number of nitrogens with one attached hydrogen (secondary N) is 1. The monoisotopic (exact) mass is 260 g/mol. The van der Waals surface area contributed by atoms with E-state index < -0.39 is 0 Å². The number of rotatable bonds is 2. The van der Waals surface area contributed by atoms with E-state index in [-0.39, 0.29) is 11.3 Å². The average Bonchev–Trinajstić information content (AvgIpc) is 2.36. The van der Waals surface area contributed by atoms with Crippen molar-refractivity contribution in [2.24, 2.45) is 5.41 Å². The summed E-state index contributed by atoms with van der Waals surface area (Å²) >= 11 is 0. The minimum atomic E-state index is -0.273. The number of piperidine rings is 1. The first-order valence-corrected chi connectivity index (χ1v) is 6.99. The standard InChI is InChI=1S/C16H24N2O/c1-12-8-13(2)10-14(9-12)18(4)15(19)16(3)6-5-7-17-11-16/h8-10,17H,5-7,11H2,1-4H3. The second-order valence-electron chi connectivity index (χ2n) is 6.05. The summed E-state index contributed by atoms with van der Waals surface area (Å²) in [6.45, 7) is 8.01. The van der Waals surface area contributed by atoms with Crippen LogP contribution >= 0.6 is 0 Å². The molecule has 1 aromatic rings. The van der Waals surface area contributed by atoms with Gasteiger partial charge in [-0.05, 0) is 63.4 Å².